The zero-order valence-electron chi connectivity index (χ0n) is 14.8. The summed E-state index contributed by atoms with van der Waals surface area (Å²) in [6.45, 7) is 1.92. The van der Waals surface area contributed by atoms with Gasteiger partial charge in [-0.25, -0.2) is 9.59 Å². The fourth-order valence-electron chi connectivity index (χ4n) is 2.67. The van der Waals surface area contributed by atoms with Gasteiger partial charge in [0, 0.05) is 15.9 Å². The molecule has 8 heteroatoms. The molecule has 140 valence electrons. The lowest BCUT2D eigenvalue weighted by atomic mass is 10.2. The number of halogens is 1. The Morgan fingerprint density at radius 3 is 2.67 bits per heavy atom. The van der Waals surface area contributed by atoms with Crippen molar-refractivity contribution in [2.45, 2.75) is 6.92 Å². The van der Waals surface area contributed by atoms with Gasteiger partial charge in [-0.05, 0) is 37.3 Å². The Morgan fingerprint density at radius 2 is 1.93 bits per heavy atom. The smallest absolute Gasteiger partial charge is 0.356 e. The molecule has 7 nitrogen and oxygen atoms in total. The Hall–Kier alpha value is -3.19. The molecule has 1 aromatic heterocycles. The highest BCUT2D eigenvalue weighted by atomic mass is 35.5. The predicted octanol–water partition coefficient (Wildman–Crippen LogP) is 4.65. The van der Waals surface area contributed by atoms with Crippen LogP contribution < -0.4 is 15.4 Å². The van der Waals surface area contributed by atoms with Crippen LogP contribution in [0.2, 0.25) is 5.02 Å². The normalized spacial score (nSPS) is 10.5. The SMILES string of the molecule is CCOC(=O)c1[nH]c2ccc(Cl)cc2c1NC(=O)Nc1ccccc1OC. The van der Waals surface area contributed by atoms with Gasteiger partial charge < -0.3 is 25.1 Å². The van der Waals surface area contributed by atoms with E-state index in [1.165, 1.54) is 7.11 Å². The molecule has 2 amide bonds. The van der Waals surface area contributed by atoms with E-state index in [9.17, 15) is 9.59 Å². The Bertz CT molecular complexity index is 1000. The first-order chi connectivity index (χ1) is 13.0. The van der Waals surface area contributed by atoms with Gasteiger partial charge in [-0.3, -0.25) is 0 Å². The number of methoxy groups -OCH3 is 1. The van der Waals surface area contributed by atoms with Crippen LogP contribution in [0.5, 0.6) is 5.75 Å². The first-order valence-electron chi connectivity index (χ1n) is 8.22. The van der Waals surface area contributed by atoms with Crippen LogP contribution in [0.15, 0.2) is 42.5 Å². The average molecular weight is 388 g/mol. The van der Waals surface area contributed by atoms with Crippen molar-refractivity contribution in [3.8, 4) is 5.75 Å². The highest BCUT2D eigenvalue weighted by Crippen LogP contribution is 2.31. The molecule has 0 bridgehead atoms. The molecule has 0 aliphatic rings. The standard InChI is InChI=1S/C19H18ClN3O4/c1-3-27-18(24)17-16(12-10-11(20)8-9-13(12)21-17)23-19(25)22-14-6-4-5-7-15(14)26-2/h4-10,21H,3H2,1-2H3,(H2,22,23,25). The van der Waals surface area contributed by atoms with Gasteiger partial charge >= 0.3 is 12.0 Å². The summed E-state index contributed by atoms with van der Waals surface area (Å²) in [4.78, 5) is 27.8. The lowest BCUT2D eigenvalue weighted by molar-refractivity contribution is 0.0522. The van der Waals surface area contributed by atoms with Crippen LogP contribution in [0, 0.1) is 0 Å². The van der Waals surface area contributed by atoms with Crippen molar-refractivity contribution in [2.75, 3.05) is 24.4 Å². The molecule has 3 rings (SSSR count). The number of benzene rings is 2. The number of fused-ring (bicyclic) bond motifs is 1. The van der Waals surface area contributed by atoms with Crippen molar-refractivity contribution < 1.29 is 19.1 Å². The third kappa shape index (κ3) is 3.98. The van der Waals surface area contributed by atoms with E-state index in [1.54, 1.807) is 49.4 Å². The number of nitrogens with one attached hydrogen (secondary N) is 3. The number of carbonyl (C=O) groups excluding carboxylic acids is 2. The zero-order valence-corrected chi connectivity index (χ0v) is 15.5. The van der Waals surface area contributed by atoms with Crippen molar-refractivity contribution >= 4 is 45.9 Å². The van der Waals surface area contributed by atoms with Crippen LogP contribution in [0.25, 0.3) is 10.9 Å². The number of ether oxygens (including phenoxy) is 2. The van der Waals surface area contributed by atoms with E-state index in [1.807, 2.05) is 0 Å². The number of hydrogen-bond donors (Lipinski definition) is 3. The summed E-state index contributed by atoms with van der Waals surface area (Å²) in [5, 5.41) is 6.48. The fourth-order valence-corrected chi connectivity index (χ4v) is 2.84. The van der Waals surface area contributed by atoms with E-state index in [-0.39, 0.29) is 12.3 Å². The maximum atomic E-state index is 12.5. The van der Waals surface area contributed by atoms with Crippen molar-refractivity contribution in [3.05, 3.63) is 53.2 Å². The molecular formula is C19H18ClN3O4. The van der Waals surface area contributed by atoms with Gasteiger partial charge in [0.1, 0.15) is 11.4 Å². The zero-order chi connectivity index (χ0) is 19.4. The van der Waals surface area contributed by atoms with Gasteiger partial charge in [-0.1, -0.05) is 23.7 Å². The van der Waals surface area contributed by atoms with E-state index in [0.29, 0.717) is 33.0 Å². The van der Waals surface area contributed by atoms with E-state index in [0.717, 1.165) is 0 Å². The van der Waals surface area contributed by atoms with Crippen molar-refractivity contribution in [2.24, 2.45) is 0 Å². The number of H-pyrrole nitrogens is 1. The van der Waals surface area contributed by atoms with Gasteiger partial charge in [-0.15, -0.1) is 0 Å². The van der Waals surface area contributed by atoms with Gasteiger partial charge in [-0.2, -0.15) is 0 Å². The van der Waals surface area contributed by atoms with Gasteiger partial charge in [0.05, 0.1) is 25.1 Å². The third-order valence-electron chi connectivity index (χ3n) is 3.83. The number of amides is 2. The molecular weight excluding hydrogens is 370 g/mol. The largest absolute Gasteiger partial charge is 0.495 e. The molecule has 0 spiro atoms. The number of urea groups is 1. The molecule has 2 aromatic carbocycles. The topological polar surface area (TPSA) is 92.5 Å². The molecule has 0 saturated carbocycles. The minimum atomic E-state index is -0.572. The predicted molar refractivity (Wildman–Crippen MR) is 105 cm³/mol. The van der Waals surface area contributed by atoms with E-state index < -0.39 is 12.0 Å². The number of para-hydroxylation sites is 2. The van der Waals surface area contributed by atoms with Crippen LogP contribution in [0.4, 0.5) is 16.2 Å². The van der Waals surface area contributed by atoms with Crippen LogP contribution >= 0.6 is 11.6 Å². The second-order valence-electron chi connectivity index (χ2n) is 5.56. The summed E-state index contributed by atoms with van der Waals surface area (Å²) in [5.74, 6) is -0.0577. The van der Waals surface area contributed by atoms with Crippen LogP contribution in [0.1, 0.15) is 17.4 Å². The monoisotopic (exact) mass is 387 g/mol. The second-order valence-corrected chi connectivity index (χ2v) is 6.00. The van der Waals surface area contributed by atoms with Gasteiger partial charge in [0.2, 0.25) is 0 Å². The van der Waals surface area contributed by atoms with E-state index in [2.05, 4.69) is 15.6 Å². The van der Waals surface area contributed by atoms with E-state index in [4.69, 9.17) is 21.1 Å². The molecule has 0 fully saturated rings. The molecule has 0 atom stereocenters. The van der Waals surface area contributed by atoms with Gasteiger partial charge in [0.25, 0.3) is 0 Å². The number of rotatable bonds is 5. The molecule has 0 aliphatic heterocycles. The Morgan fingerprint density at radius 1 is 1.15 bits per heavy atom. The maximum Gasteiger partial charge on any atom is 0.356 e. The Kier molecular flexibility index (Phi) is 5.52. The minimum absolute atomic E-state index is 0.143. The molecule has 0 unspecified atom stereocenters. The lowest BCUT2D eigenvalue weighted by Crippen LogP contribution is -2.21. The highest BCUT2D eigenvalue weighted by Gasteiger charge is 2.21. The summed E-state index contributed by atoms with van der Waals surface area (Å²) in [6, 6.07) is 11.5. The number of aromatic amines is 1. The van der Waals surface area contributed by atoms with Gasteiger partial charge in [0.15, 0.2) is 0 Å². The minimum Gasteiger partial charge on any atom is -0.495 e. The third-order valence-corrected chi connectivity index (χ3v) is 4.07. The summed E-state index contributed by atoms with van der Waals surface area (Å²) in [7, 11) is 1.51. The molecule has 3 aromatic rings. The lowest BCUT2D eigenvalue weighted by Gasteiger charge is -2.11. The molecule has 27 heavy (non-hydrogen) atoms. The van der Waals surface area contributed by atoms with Crippen LogP contribution in [0.3, 0.4) is 0 Å². The second kappa shape index (κ2) is 8.01. The number of esters is 1. The number of anilines is 2. The highest BCUT2D eigenvalue weighted by molar-refractivity contribution is 6.31. The molecule has 0 aliphatic carbocycles. The maximum absolute atomic E-state index is 12.5. The first-order valence-corrected chi connectivity index (χ1v) is 8.60. The average Bonchev–Trinajstić information content (AvgIpc) is 3.00. The van der Waals surface area contributed by atoms with E-state index >= 15 is 0 Å². The number of carbonyl (C=O) groups is 2. The number of hydrogen-bond acceptors (Lipinski definition) is 4. The quantitative estimate of drug-likeness (QED) is 0.555. The molecule has 1 heterocycles. The van der Waals surface area contributed by atoms with Crippen molar-refractivity contribution in [3.63, 3.8) is 0 Å². The fraction of sp³-hybridized carbons (Fsp3) is 0.158. The van der Waals surface area contributed by atoms with Crippen LogP contribution in [-0.4, -0.2) is 30.7 Å². The molecule has 0 radical (unpaired) electrons. The molecule has 0 saturated heterocycles. The Labute approximate surface area is 160 Å². The van der Waals surface area contributed by atoms with Crippen molar-refractivity contribution in [1.82, 2.24) is 4.98 Å². The molecule has 3 N–H and O–H groups in total. The van der Waals surface area contributed by atoms with Crippen molar-refractivity contribution in [1.29, 1.82) is 0 Å². The first kappa shape index (κ1) is 18.6. The van der Waals surface area contributed by atoms with Crippen LogP contribution in [-0.2, 0) is 4.74 Å². The summed E-state index contributed by atoms with van der Waals surface area (Å²) < 4.78 is 10.3. The Balaban J connectivity index is 1.94. The number of aromatic nitrogens is 1. The summed E-state index contributed by atoms with van der Waals surface area (Å²) >= 11 is 6.07. The summed E-state index contributed by atoms with van der Waals surface area (Å²) in [5.41, 5.74) is 1.57. The summed E-state index contributed by atoms with van der Waals surface area (Å²) in [6.07, 6.45) is 0.